The normalized spacial score (nSPS) is 28.6. The van der Waals surface area contributed by atoms with Gasteiger partial charge in [0.05, 0.1) is 0 Å². The second kappa shape index (κ2) is 8.55. The molecule has 0 fully saturated rings. The van der Waals surface area contributed by atoms with Gasteiger partial charge >= 0.3 is 0 Å². The second-order valence-electron chi connectivity index (χ2n) is 3.44. The smallest absolute Gasteiger partial charge is 0.0163 e. The van der Waals surface area contributed by atoms with Gasteiger partial charge in [0.2, 0.25) is 0 Å². The predicted octanol–water partition coefficient (Wildman–Crippen LogP) is 4.37. The van der Waals surface area contributed by atoms with Gasteiger partial charge in [0.15, 0.2) is 0 Å². The van der Waals surface area contributed by atoms with Crippen molar-refractivity contribution in [3.05, 3.63) is 48.6 Å². The van der Waals surface area contributed by atoms with E-state index in [0.717, 1.165) is 19.3 Å². The highest BCUT2D eigenvalue weighted by Gasteiger charge is 1.81. The Bertz CT molecular complexity index is 228. The molecule has 0 atom stereocenters. The molecule has 0 amide bonds. The largest absolute Gasteiger partial charge is 0.0882 e. The quantitative estimate of drug-likeness (QED) is 0.494. The fourth-order valence-electron chi connectivity index (χ4n) is 1.34. The molecule has 0 heterocycles. The molecule has 0 N–H and O–H groups in total. The second-order valence-corrected chi connectivity index (χ2v) is 3.44. The third kappa shape index (κ3) is 6.47. The zero-order chi connectivity index (χ0) is 9.90. The molecular weight excluding hydrogens is 168 g/mol. The SMILES string of the molecule is [C]1=C/C/C=C\CCC/C=C/C=C\CC/1. The molecule has 1 aliphatic carbocycles. The van der Waals surface area contributed by atoms with Crippen LogP contribution in [0, 0.1) is 6.08 Å². The first-order valence-electron chi connectivity index (χ1n) is 5.52. The molecule has 1 rings (SSSR count). The van der Waals surface area contributed by atoms with Crippen LogP contribution >= 0.6 is 0 Å². The van der Waals surface area contributed by atoms with E-state index in [-0.39, 0.29) is 0 Å². The lowest BCUT2D eigenvalue weighted by Crippen LogP contribution is -1.71. The molecule has 1 radical (unpaired) electrons. The topological polar surface area (TPSA) is 0 Å². The highest BCUT2D eigenvalue weighted by atomic mass is 13.9. The molecule has 0 saturated carbocycles. The number of allylic oxidation sites excluding steroid dienone is 8. The molecule has 0 unspecified atom stereocenters. The first-order valence-corrected chi connectivity index (χ1v) is 5.52. The summed E-state index contributed by atoms with van der Waals surface area (Å²) in [4.78, 5) is 0. The summed E-state index contributed by atoms with van der Waals surface area (Å²) in [7, 11) is 0. The third-order valence-electron chi connectivity index (χ3n) is 2.15. The molecule has 1 aliphatic rings. The molecular formula is C14H19. The van der Waals surface area contributed by atoms with Crippen molar-refractivity contribution >= 4 is 0 Å². The van der Waals surface area contributed by atoms with Crippen LogP contribution < -0.4 is 0 Å². The van der Waals surface area contributed by atoms with Crippen molar-refractivity contribution < 1.29 is 0 Å². The monoisotopic (exact) mass is 187 g/mol. The molecule has 75 valence electrons. The van der Waals surface area contributed by atoms with Crippen molar-refractivity contribution in [2.75, 3.05) is 0 Å². The van der Waals surface area contributed by atoms with Gasteiger partial charge in [-0.05, 0) is 44.6 Å². The van der Waals surface area contributed by atoms with Crippen LogP contribution in [0.4, 0.5) is 0 Å². The summed E-state index contributed by atoms with van der Waals surface area (Å²) in [5.74, 6) is 0. The summed E-state index contributed by atoms with van der Waals surface area (Å²) < 4.78 is 0. The standard InChI is InChI=1S/C14H19/c1-2-4-6-8-10-12-14-13-11-9-7-5-3-1/h1-4,11-13H,5-9,14H2/b3-1+,4-2-,12-10?,13-11-. The fraction of sp³-hybridized carbons (Fsp3) is 0.429. The number of hydrogen-bond donors (Lipinski definition) is 0. The van der Waals surface area contributed by atoms with Crippen molar-refractivity contribution in [1.82, 2.24) is 0 Å². The summed E-state index contributed by atoms with van der Waals surface area (Å²) in [6.45, 7) is 0. The van der Waals surface area contributed by atoms with E-state index < -0.39 is 0 Å². The molecule has 0 aromatic rings. The van der Waals surface area contributed by atoms with Gasteiger partial charge < -0.3 is 0 Å². The van der Waals surface area contributed by atoms with Crippen LogP contribution in [0.5, 0.6) is 0 Å². The Hall–Kier alpha value is -1.04. The minimum absolute atomic E-state index is 1.04. The van der Waals surface area contributed by atoms with E-state index in [1.54, 1.807) is 0 Å². The van der Waals surface area contributed by atoms with Crippen molar-refractivity contribution in [3.8, 4) is 0 Å². The number of rotatable bonds is 0. The Morgan fingerprint density at radius 1 is 0.786 bits per heavy atom. The zero-order valence-corrected chi connectivity index (χ0v) is 8.78. The van der Waals surface area contributed by atoms with E-state index in [1.165, 1.54) is 19.3 Å². The lowest BCUT2D eigenvalue weighted by molar-refractivity contribution is 0.865. The van der Waals surface area contributed by atoms with Gasteiger partial charge in [-0.15, -0.1) is 0 Å². The summed E-state index contributed by atoms with van der Waals surface area (Å²) in [6, 6.07) is 0. The van der Waals surface area contributed by atoms with Gasteiger partial charge in [0.25, 0.3) is 0 Å². The molecule has 0 aliphatic heterocycles. The van der Waals surface area contributed by atoms with Gasteiger partial charge in [0.1, 0.15) is 0 Å². The Morgan fingerprint density at radius 2 is 1.57 bits per heavy atom. The molecule has 0 saturated heterocycles. The first kappa shape index (κ1) is 11.0. The molecule has 0 aromatic heterocycles. The lowest BCUT2D eigenvalue weighted by atomic mass is 10.2. The Morgan fingerprint density at radius 3 is 2.50 bits per heavy atom. The van der Waals surface area contributed by atoms with Crippen LogP contribution in [0.15, 0.2) is 42.5 Å². The Labute approximate surface area is 87.7 Å². The summed E-state index contributed by atoms with van der Waals surface area (Å²) in [5, 5.41) is 0. The van der Waals surface area contributed by atoms with Crippen LogP contribution in [0.1, 0.15) is 38.5 Å². The zero-order valence-electron chi connectivity index (χ0n) is 8.78. The minimum atomic E-state index is 1.04. The Balaban J connectivity index is 2.34. The van der Waals surface area contributed by atoms with Gasteiger partial charge in [-0.1, -0.05) is 42.5 Å². The summed E-state index contributed by atoms with van der Waals surface area (Å²) >= 11 is 0. The number of hydrogen-bond acceptors (Lipinski definition) is 0. The molecule has 0 aromatic carbocycles. The first-order chi connectivity index (χ1) is 7.00. The van der Waals surface area contributed by atoms with Crippen molar-refractivity contribution in [3.63, 3.8) is 0 Å². The van der Waals surface area contributed by atoms with E-state index in [1.807, 2.05) is 0 Å². The minimum Gasteiger partial charge on any atom is -0.0882 e. The maximum Gasteiger partial charge on any atom is -0.0163 e. The average molecular weight is 187 g/mol. The predicted molar refractivity (Wildman–Crippen MR) is 62.9 cm³/mol. The molecule has 0 bridgehead atoms. The van der Waals surface area contributed by atoms with E-state index in [0.29, 0.717) is 0 Å². The van der Waals surface area contributed by atoms with Gasteiger partial charge in [-0.2, -0.15) is 0 Å². The molecule has 0 nitrogen and oxygen atoms in total. The van der Waals surface area contributed by atoms with Crippen molar-refractivity contribution in [2.24, 2.45) is 0 Å². The van der Waals surface area contributed by atoms with Crippen LogP contribution in [-0.4, -0.2) is 0 Å². The fourth-order valence-corrected chi connectivity index (χ4v) is 1.34. The van der Waals surface area contributed by atoms with E-state index >= 15 is 0 Å². The van der Waals surface area contributed by atoms with Gasteiger partial charge in [0, 0.05) is 0 Å². The lowest BCUT2D eigenvalue weighted by Gasteiger charge is -1.91. The van der Waals surface area contributed by atoms with E-state index in [2.05, 4.69) is 48.6 Å². The van der Waals surface area contributed by atoms with Crippen LogP contribution in [0.2, 0.25) is 0 Å². The van der Waals surface area contributed by atoms with Crippen LogP contribution in [-0.2, 0) is 0 Å². The van der Waals surface area contributed by atoms with E-state index in [4.69, 9.17) is 0 Å². The summed E-state index contributed by atoms with van der Waals surface area (Å²) in [6.07, 6.45) is 25.5. The van der Waals surface area contributed by atoms with Crippen molar-refractivity contribution in [1.29, 1.82) is 0 Å². The van der Waals surface area contributed by atoms with Gasteiger partial charge in [-0.25, -0.2) is 0 Å². The highest BCUT2D eigenvalue weighted by Crippen LogP contribution is 2.01. The maximum atomic E-state index is 3.29. The van der Waals surface area contributed by atoms with Crippen molar-refractivity contribution in [2.45, 2.75) is 38.5 Å². The van der Waals surface area contributed by atoms with Crippen LogP contribution in [0.3, 0.4) is 0 Å². The maximum absolute atomic E-state index is 3.29. The molecule has 14 heavy (non-hydrogen) atoms. The molecule has 0 heteroatoms. The summed E-state index contributed by atoms with van der Waals surface area (Å²) in [5.41, 5.74) is 0. The van der Waals surface area contributed by atoms with E-state index in [9.17, 15) is 0 Å². The Kier molecular flexibility index (Phi) is 6.74. The highest BCUT2D eigenvalue weighted by molar-refractivity contribution is 5.03. The van der Waals surface area contributed by atoms with Crippen LogP contribution in [0.25, 0.3) is 0 Å². The average Bonchev–Trinajstić information content (AvgIpc) is 2.22. The van der Waals surface area contributed by atoms with Gasteiger partial charge in [-0.3, -0.25) is 0 Å². The third-order valence-corrected chi connectivity index (χ3v) is 2.15. The molecule has 0 spiro atoms.